The Morgan fingerprint density at radius 3 is 2.70 bits per heavy atom. The molecule has 1 N–H and O–H groups in total. The van der Waals surface area contributed by atoms with E-state index in [1.54, 1.807) is 18.2 Å². The van der Waals surface area contributed by atoms with Crippen molar-refractivity contribution in [2.24, 2.45) is 0 Å². The van der Waals surface area contributed by atoms with Gasteiger partial charge in [-0.1, -0.05) is 29.3 Å². The third-order valence-corrected chi connectivity index (χ3v) is 3.26. The molecular formula is C13H9Cl2FN2O2. The van der Waals surface area contributed by atoms with Crippen LogP contribution in [0.3, 0.4) is 0 Å². The van der Waals surface area contributed by atoms with Crippen molar-refractivity contribution >= 4 is 34.6 Å². The van der Waals surface area contributed by atoms with Crippen LogP contribution in [0.15, 0.2) is 36.4 Å². The van der Waals surface area contributed by atoms with Crippen LogP contribution in [0.4, 0.5) is 15.8 Å². The number of nitro groups is 1. The zero-order valence-corrected chi connectivity index (χ0v) is 11.6. The van der Waals surface area contributed by atoms with Crippen LogP contribution in [0.2, 0.25) is 10.0 Å². The summed E-state index contributed by atoms with van der Waals surface area (Å²) in [7, 11) is 0. The quantitative estimate of drug-likeness (QED) is 0.660. The van der Waals surface area contributed by atoms with Crippen molar-refractivity contribution in [3.8, 4) is 0 Å². The van der Waals surface area contributed by atoms with Gasteiger partial charge in [0, 0.05) is 22.7 Å². The largest absolute Gasteiger partial charge is 0.373 e. The van der Waals surface area contributed by atoms with Crippen molar-refractivity contribution in [1.82, 2.24) is 0 Å². The van der Waals surface area contributed by atoms with Crippen molar-refractivity contribution in [3.05, 3.63) is 67.9 Å². The Labute approximate surface area is 124 Å². The molecule has 0 aromatic heterocycles. The van der Waals surface area contributed by atoms with Crippen LogP contribution in [0.5, 0.6) is 0 Å². The molecule has 2 rings (SSSR count). The third-order valence-electron chi connectivity index (χ3n) is 2.65. The lowest BCUT2D eigenvalue weighted by Crippen LogP contribution is -2.05. The molecule has 0 aliphatic heterocycles. The first-order valence-electron chi connectivity index (χ1n) is 5.59. The molecule has 0 saturated heterocycles. The number of hydrogen-bond acceptors (Lipinski definition) is 3. The Morgan fingerprint density at radius 2 is 2.00 bits per heavy atom. The highest BCUT2D eigenvalue weighted by Gasteiger charge is 2.17. The maximum atomic E-state index is 13.7. The van der Waals surface area contributed by atoms with Gasteiger partial charge in [-0.2, -0.15) is 0 Å². The van der Waals surface area contributed by atoms with Gasteiger partial charge in [-0.15, -0.1) is 0 Å². The third kappa shape index (κ3) is 3.18. The van der Waals surface area contributed by atoms with Gasteiger partial charge in [0.1, 0.15) is 5.69 Å². The molecule has 0 fully saturated rings. The van der Waals surface area contributed by atoms with E-state index in [2.05, 4.69) is 5.32 Å². The van der Waals surface area contributed by atoms with Crippen LogP contribution in [0, 0.1) is 15.9 Å². The molecule has 0 aliphatic rings. The minimum absolute atomic E-state index is 0.126. The van der Waals surface area contributed by atoms with Crippen molar-refractivity contribution in [2.45, 2.75) is 6.54 Å². The topological polar surface area (TPSA) is 55.2 Å². The monoisotopic (exact) mass is 314 g/mol. The van der Waals surface area contributed by atoms with Crippen LogP contribution in [-0.4, -0.2) is 4.92 Å². The number of benzene rings is 2. The SMILES string of the molecule is O=[N+]([O-])c1cccc(F)c1NCc1cc(Cl)ccc1Cl. The Bertz CT molecular complexity index is 665. The van der Waals surface area contributed by atoms with Crippen LogP contribution >= 0.6 is 23.2 Å². The van der Waals surface area contributed by atoms with Crippen molar-refractivity contribution in [1.29, 1.82) is 0 Å². The number of hydrogen-bond donors (Lipinski definition) is 1. The summed E-state index contributed by atoms with van der Waals surface area (Å²) >= 11 is 11.8. The van der Waals surface area contributed by atoms with Gasteiger partial charge >= 0.3 is 0 Å². The van der Waals surface area contributed by atoms with Gasteiger partial charge in [-0.05, 0) is 29.8 Å². The molecule has 0 atom stereocenters. The first-order valence-corrected chi connectivity index (χ1v) is 6.35. The molecule has 0 unspecified atom stereocenters. The van der Waals surface area contributed by atoms with Crippen molar-refractivity contribution in [2.75, 3.05) is 5.32 Å². The minimum atomic E-state index is -0.697. The smallest absolute Gasteiger partial charge is 0.295 e. The van der Waals surface area contributed by atoms with E-state index < -0.39 is 10.7 Å². The summed E-state index contributed by atoms with van der Waals surface area (Å²) in [5.74, 6) is -0.697. The molecule has 0 heterocycles. The second-order valence-electron chi connectivity index (χ2n) is 3.98. The first-order chi connectivity index (χ1) is 9.49. The van der Waals surface area contributed by atoms with Gasteiger partial charge in [-0.25, -0.2) is 4.39 Å². The number of nitro benzene ring substituents is 1. The predicted molar refractivity (Wildman–Crippen MR) is 76.8 cm³/mol. The number of anilines is 1. The summed E-state index contributed by atoms with van der Waals surface area (Å²) in [6.07, 6.45) is 0. The van der Waals surface area contributed by atoms with Crippen LogP contribution in [0.25, 0.3) is 0 Å². The summed E-state index contributed by atoms with van der Waals surface area (Å²) in [6.45, 7) is 0.126. The number of halogens is 3. The normalized spacial score (nSPS) is 10.3. The number of para-hydroxylation sites is 1. The molecule has 0 bridgehead atoms. The molecule has 2 aromatic rings. The molecule has 0 aliphatic carbocycles. The Balaban J connectivity index is 2.27. The summed E-state index contributed by atoms with van der Waals surface area (Å²) in [5, 5.41) is 14.5. The van der Waals surface area contributed by atoms with E-state index in [0.717, 1.165) is 6.07 Å². The second-order valence-corrected chi connectivity index (χ2v) is 4.82. The summed E-state index contributed by atoms with van der Waals surface area (Å²) in [4.78, 5) is 10.2. The first kappa shape index (κ1) is 14.6. The standard InChI is InChI=1S/C13H9Cl2FN2O2/c14-9-4-5-10(15)8(6-9)7-17-13-11(16)2-1-3-12(13)18(19)20/h1-6,17H,7H2. The van der Waals surface area contributed by atoms with E-state index in [0.29, 0.717) is 15.6 Å². The zero-order chi connectivity index (χ0) is 14.7. The Hall–Kier alpha value is -1.85. The van der Waals surface area contributed by atoms with Crippen LogP contribution in [0.1, 0.15) is 5.56 Å². The highest BCUT2D eigenvalue weighted by Crippen LogP contribution is 2.28. The van der Waals surface area contributed by atoms with Crippen LogP contribution < -0.4 is 5.32 Å². The molecular weight excluding hydrogens is 306 g/mol. The molecule has 0 saturated carbocycles. The van der Waals surface area contributed by atoms with E-state index in [-0.39, 0.29) is 17.9 Å². The van der Waals surface area contributed by atoms with E-state index in [9.17, 15) is 14.5 Å². The highest BCUT2D eigenvalue weighted by molar-refractivity contribution is 6.33. The maximum Gasteiger partial charge on any atom is 0.295 e. The molecule has 0 spiro atoms. The molecule has 7 heteroatoms. The highest BCUT2D eigenvalue weighted by atomic mass is 35.5. The lowest BCUT2D eigenvalue weighted by atomic mass is 10.2. The molecule has 4 nitrogen and oxygen atoms in total. The second kappa shape index (κ2) is 6.07. The van der Waals surface area contributed by atoms with Crippen LogP contribution in [-0.2, 0) is 6.54 Å². The number of nitrogens with zero attached hydrogens (tertiary/aromatic N) is 1. The van der Waals surface area contributed by atoms with Gasteiger partial charge < -0.3 is 5.32 Å². The molecule has 104 valence electrons. The maximum absolute atomic E-state index is 13.7. The average molecular weight is 315 g/mol. The van der Waals surface area contributed by atoms with E-state index in [1.165, 1.54) is 12.1 Å². The van der Waals surface area contributed by atoms with Gasteiger partial charge in [-0.3, -0.25) is 10.1 Å². The van der Waals surface area contributed by atoms with Crippen molar-refractivity contribution in [3.63, 3.8) is 0 Å². The fourth-order valence-corrected chi connectivity index (χ4v) is 2.08. The fourth-order valence-electron chi connectivity index (χ4n) is 1.70. The summed E-state index contributed by atoms with van der Waals surface area (Å²) in [5.41, 5.74) is 0.119. The van der Waals surface area contributed by atoms with E-state index in [1.807, 2.05) is 0 Å². The average Bonchev–Trinajstić information content (AvgIpc) is 2.40. The number of rotatable bonds is 4. The van der Waals surface area contributed by atoms with E-state index in [4.69, 9.17) is 23.2 Å². The van der Waals surface area contributed by atoms with Crippen molar-refractivity contribution < 1.29 is 9.31 Å². The molecule has 2 aromatic carbocycles. The van der Waals surface area contributed by atoms with Gasteiger partial charge in [0.05, 0.1) is 4.92 Å². The van der Waals surface area contributed by atoms with Gasteiger partial charge in [0.25, 0.3) is 5.69 Å². The summed E-state index contributed by atoms with van der Waals surface area (Å²) in [6, 6.07) is 8.50. The lowest BCUT2D eigenvalue weighted by molar-refractivity contribution is -0.384. The van der Waals surface area contributed by atoms with E-state index >= 15 is 0 Å². The predicted octanol–water partition coefficient (Wildman–Crippen LogP) is 4.65. The van der Waals surface area contributed by atoms with Gasteiger partial charge in [0.2, 0.25) is 0 Å². The Kier molecular flexibility index (Phi) is 4.42. The molecule has 20 heavy (non-hydrogen) atoms. The lowest BCUT2D eigenvalue weighted by Gasteiger charge is -2.09. The molecule has 0 amide bonds. The number of nitrogens with one attached hydrogen (secondary N) is 1. The Morgan fingerprint density at radius 1 is 1.25 bits per heavy atom. The molecule has 0 radical (unpaired) electrons. The minimum Gasteiger partial charge on any atom is -0.373 e. The fraction of sp³-hybridized carbons (Fsp3) is 0.0769. The zero-order valence-electron chi connectivity index (χ0n) is 10.1. The van der Waals surface area contributed by atoms with Gasteiger partial charge in [0.15, 0.2) is 5.82 Å². The summed E-state index contributed by atoms with van der Waals surface area (Å²) < 4.78 is 13.7.